The Bertz CT molecular complexity index is 1250. The molecule has 0 bridgehead atoms. The van der Waals surface area contributed by atoms with E-state index in [1.165, 1.54) is 32.7 Å². The number of ether oxygens (including phenoxy) is 1. The number of nitrogens with zero attached hydrogens (tertiary/aromatic N) is 3. The van der Waals surface area contributed by atoms with Gasteiger partial charge in [-0.25, -0.2) is 0 Å². The number of methoxy groups -OCH3 is 1. The fraction of sp³-hybridized carbons (Fsp3) is 0.440. The molecule has 1 aromatic carbocycles. The highest BCUT2D eigenvalue weighted by molar-refractivity contribution is 7.99. The van der Waals surface area contributed by atoms with E-state index < -0.39 is 5.95 Å². The zero-order chi connectivity index (χ0) is 25.2. The van der Waals surface area contributed by atoms with Crippen molar-refractivity contribution in [3.05, 3.63) is 40.3 Å². The number of thiophene rings is 1. The number of thioether (sulfide) groups is 1. The van der Waals surface area contributed by atoms with E-state index in [9.17, 15) is 15.2 Å². The standard InChI is InChI=1S/C25H28N4O4S2/c1-25(2,3)15-5-10-18-19(14-26)22(35-20(18)13-15)27-21(30)11-12-34-23-24(31)33-28-29(23)16-6-8-17(32-4)9-7-16/h6-9,15H,5,10-13H2,1-4H3,(H-,27,28,30,31). The minimum Gasteiger partial charge on any atom is -0.538 e. The van der Waals surface area contributed by atoms with Gasteiger partial charge in [-0.3, -0.25) is 4.79 Å². The van der Waals surface area contributed by atoms with E-state index in [0.717, 1.165) is 24.8 Å². The number of anilines is 1. The SMILES string of the molecule is COc1ccc(-[n+]2noc([O-])c2SCCC(=O)Nc2sc3c(c2C#N)CCC(C(C)(C)C)C3)cc1. The lowest BCUT2D eigenvalue weighted by atomic mass is 9.72. The predicted molar refractivity (Wildman–Crippen MR) is 132 cm³/mol. The molecule has 2 aromatic heterocycles. The molecule has 2 heterocycles. The first-order valence-electron chi connectivity index (χ1n) is 11.4. The van der Waals surface area contributed by atoms with E-state index in [0.29, 0.717) is 38.7 Å². The molecule has 1 aliphatic carbocycles. The van der Waals surface area contributed by atoms with E-state index in [2.05, 4.69) is 37.4 Å². The Morgan fingerprint density at radius 2 is 2.14 bits per heavy atom. The molecular weight excluding hydrogens is 484 g/mol. The van der Waals surface area contributed by atoms with Gasteiger partial charge in [0.15, 0.2) is 5.95 Å². The van der Waals surface area contributed by atoms with Gasteiger partial charge in [0.05, 0.1) is 17.9 Å². The van der Waals surface area contributed by atoms with Crippen LogP contribution in [0.1, 0.15) is 49.6 Å². The van der Waals surface area contributed by atoms with Crippen molar-refractivity contribution in [2.24, 2.45) is 11.3 Å². The highest BCUT2D eigenvalue weighted by atomic mass is 32.2. The van der Waals surface area contributed by atoms with Crippen molar-refractivity contribution in [1.82, 2.24) is 5.27 Å². The van der Waals surface area contributed by atoms with Crippen molar-refractivity contribution < 1.29 is 23.8 Å². The Labute approximate surface area is 212 Å². The van der Waals surface area contributed by atoms with Gasteiger partial charge in [-0.1, -0.05) is 32.5 Å². The summed E-state index contributed by atoms with van der Waals surface area (Å²) < 4.78 is 11.4. The van der Waals surface area contributed by atoms with Crippen LogP contribution in [-0.4, -0.2) is 24.0 Å². The monoisotopic (exact) mass is 512 g/mol. The number of aromatic nitrogens is 2. The average molecular weight is 513 g/mol. The molecule has 8 nitrogen and oxygen atoms in total. The van der Waals surface area contributed by atoms with Crippen LogP contribution in [0, 0.1) is 22.7 Å². The highest BCUT2D eigenvalue weighted by Crippen LogP contribution is 2.44. The van der Waals surface area contributed by atoms with Crippen LogP contribution in [0.2, 0.25) is 0 Å². The van der Waals surface area contributed by atoms with Gasteiger partial charge >= 0.3 is 0 Å². The summed E-state index contributed by atoms with van der Waals surface area (Å²) in [5, 5.41) is 29.6. The molecule has 1 amide bonds. The molecule has 1 atom stereocenters. The van der Waals surface area contributed by atoms with Crippen molar-refractivity contribution in [2.75, 3.05) is 18.2 Å². The fourth-order valence-corrected chi connectivity index (χ4v) is 6.40. The number of rotatable bonds is 7. The largest absolute Gasteiger partial charge is 0.538 e. The zero-order valence-electron chi connectivity index (χ0n) is 20.2. The van der Waals surface area contributed by atoms with E-state index in [-0.39, 0.29) is 17.7 Å². The summed E-state index contributed by atoms with van der Waals surface area (Å²) in [6.07, 6.45) is 3.04. The molecule has 1 aliphatic rings. The molecule has 0 radical (unpaired) electrons. The van der Waals surface area contributed by atoms with Gasteiger partial charge in [-0.2, -0.15) is 5.26 Å². The van der Waals surface area contributed by atoms with Gasteiger partial charge in [0, 0.05) is 29.2 Å². The Morgan fingerprint density at radius 1 is 1.40 bits per heavy atom. The highest BCUT2D eigenvalue weighted by Gasteiger charge is 2.32. The average Bonchev–Trinajstić information content (AvgIpc) is 3.37. The Hall–Kier alpha value is -3.03. The first-order valence-corrected chi connectivity index (χ1v) is 13.2. The maximum atomic E-state index is 12.7. The number of benzene rings is 1. The number of fused-ring (bicyclic) bond motifs is 1. The lowest BCUT2D eigenvalue weighted by Crippen LogP contribution is -2.34. The maximum Gasteiger partial charge on any atom is 0.297 e. The van der Waals surface area contributed by atoms with Crippen LogP contribution in [0.4, 0.5) is 5.00 Å². The molecule has 0 saturated carbocycles. The normalized spacial score (nSPS) is 15.3. The first-order chi connectivity index (χ1) is 16.7. The molecule has 1 N–H and O–H groups in total. The molecule has 0 spiro atoms. The van der Waals surface area contributed by atoms with Crippen LogP contribution in [-0.2, 0) is 17.6 Å². The van der Waals surface area contributed by atoms with Gasteiger partial charge in [-0.15, -0.1) is 11.3 Å². The molecule has 184 valence electrons. The van der Waals surface area contributed by atoms with Crippen molar-refractivity contribution in [2.45, 2.75) is 51.5 Å². The van der Waals surface area contributed by atoms with E-state index in [1.54, 1.807) is 31.4 Å². The number of hydrogen-bond donors (Lipinski definition) is 1. The van der Waals surface area contributed by atoms with Crippen molar-refractivity contribution in [3.63, 3.8) is 0 Å². The van der Waals surface area contributed by atoms with Gasteiger partial charge < -0.3 is 19.7 Å². The topological polar surface area (TPSA) is 115 Å². The Balaban J connectivity index is 1.39. The summed E-state index contributed by atoms with van der Waals surface area (Å²) >= 11 is 2.73. The summed E-state index contributed by atoms with van der Waals surface area (Å²) in [6, 6.07) is 9.36. The molecule has 3 aromatic rings. The number of amides is 1. The lowest BCUT2D eigenvalue weighted by Gasteiger charge is -2.33. The smallest absolute Gasteiger partial charge is 0.297 e. The molecule has 35 heavy (non-hydrogen) atoms. The molecule has 10 heteroatoms. The van der Waals surface area contributed by atoms with Crippen LogP contribution in [0.25, 0.3) is 5.69 Å². The maximum absolute atomic E-state index is 12.7. The van der Waals surface area contributed by atoms with Crippen molar-refractivity contribution in [1.29, 1.82) is 5.26 Å². The zero-order valence-corrected chi connectivity index (χ0v) is 21.8. The van der Waals surface area contributed by atoms with Crippen LogP contribution in [0.3, 0.4) is 0 Å². The van der Waals surface area contributed by atoms with Crippen molar-refractivity contribution >= 4 is 34.0 Å². The lowest BCUT2D eigenvalue weighted by molar-refractivity contribution is -0.705. The number of carbonyl (C=O) groups excluding carboxylic acids is 1. The summed E-state index contributed by atoms with van der Waals surface area (Å²) in [6.45, 7) is 6.76. The minimum absolute atomic E-state index is 0.177. The van der Waals surface area contributed by atoms with Crippen LogP contribution in [0.5, 0.6) is 11.7 Å². The van der Waals surface area contributed by atoms with E-state index in [4.69, 9.17) is 9.26 Å². The third-order valence-electron chi connectivity index (χ3n) is 6.31. The van der Waals surface area contributed by atoms with Gasteiger partial charge in [0.1, 0.15) is 16.8 Å². The van der Waals surface area contributed by atoms with Crippen molar-refractivity contribution in [3.8, 4) is 23.5 Å². The third-order valence-corrected chi connectivity index (χ3v) is 8.50. The van der Waals surface area contributed by atoms with Crippen LogP contribution < -0.4 is 19.8 Å². The third kappa shape index (κ3) is 5.46. The number of hydrogen-bond acceptors (Lipinski definition) is 8. The number of nitrogens with one attached hydrogen (secondary N) is 1. The van der Waals surface area contributed by atoms with Gasteiger partial charge in [-0.05, 0) is 53.0 Å². The number of nitriles is 1. The summed E-state index contributed by atoms with van der Waals surface area (Å²) in [5.41, 5.74) is 2.54. The summed E-state index contributed by atoms with van der Waals surface area (Å²) in [4.78, 5) is 13.9. The van der Waals surface area contributed by atoms with Gasteiger partial charge in [0.25, 0.3) is 5.03 Å². The van der Waals surface area contributed by atoms with E-state index in [1.807, 2.05) is 0 Å². The second-order valence-corrected chi connectivity index (χ2v) is 11.7. The Kier molecular flexibility index (Phi) is 7.38. The molecule has 0 saturated heterocycles. The summed E-state index contributed by atoms with van der Waals surface area (Å²) in [5.74, 6) is 0.851. The fourth-order valence-electron chi connectivity index (χ4n) is 4.21. The Morgan fingerprint density at radius 3 is 2.80 bits per heavy atom. The molecule has 0 fully saturated rings. The van der Waals surface area contributed by atoms with Crippen LogP contribution >= 0.6 is 23.1 Å². The second-order valence-electron chi connectivity index (χ2n) is 9.55. The molecule has 4 rings (SSSR count). The van der Waals surface area contributed by atoms with Gasteiger partial charge in [0.2, 0.25) is 11.6 Å². The molecule has 1 unspecified atom stereocenters. The summed E-state index contributed by atoms with van der Waals surface area (Å²) in [7, 11) is 1.58. The molecular formula is C25H28N4O4S2. The minimum atomic E-state index is -0.558. The van der Waals surface area contributed by atoms with Crippen LogP contribution in [0.15, 0.2) is 33.8 Å². The van der Waals surface area contributed by atoms with E-state index >= 15 is 0 Å². The first kappa shape index (κ1) is 25.1. The second kappa shape index (κ2) is 10.3. The predicted octanol–water partition coefficient (Wildman–Crippen LogP) is 4.24. The quantitative estimate of drug-likeness (QED) is 0.372. The number of carbonyl (C=O) groups is 1. The molecule has 0 aliphatic heterocycles.